The number of fused-ring (bicyclic) bond motifs is 1. The van der Waals surface area contributed by atoms with Crippen LogP contribution >= 0.6 is 11.8 Å². The zero-order valence-corrected chi connectivity index (χ0v) is 15.8. The van der Waals surface area contributed by atoms with E-state index in [0.29, 0.717) is 28.4 Å². The highest BCUT2D eigenvalue weighted by Gasteiger charge is 2.12. The van der Waals surface area contributed by atoms with Gasteiger partial charge >= 0.3 is 0 Å². The first-order valence-corrected chi connectivity index (χ1v) is 11.3. The summed E-state index contributed by atoms with van der Waals surface area (Å²) < 4.78 is 24.4. The number of unbranched alkanes of at least 4 members (excludes halogenated alkanes) is 3. The van der Waals surface area contributed by atoms with E-state index in [1.54, 1.807) is 10.6 Å². The van der Waals surface area contributed by atoms with E-state index in [4.69, 9.17) is 0 Å². The van der Waals surface area contributed by atoms with Crippen LogP contribution in [0.15, 0.2) is 34.2 Å². The van der Waals surface area contributed by atoms with Crippen molar-refractivity contribution in [1.82, 2.24) is 9.55 Å². The van der Waals surface area contributed by atoms with Crippen LogP contribution in [0.25, 0.3) is 10.9 Å². The van der Waals surface area contributed by atoms with Crippen LogP contribution in [0.1, 0.15) is 32.6 Å². The molecule has 0 fully saturated rings. The van der Waals surface area contributed by atoms with Gasteiger partial charge in [0.2, 0.25) is 0 Å². The SMILES string of the molecule is CCCCCCn1c(SCCS(C)(=O)=O)nc2ccccc2c1=O. The minimum absolute atomic E-state index is 0.0426. The van der Waals surface area contributed by atoms with Crippen LogP contribution in [0.5, 0.6) is 0 Å². The van der Waals surface area contributed by atoms with Crippen molar-refractivity contribution in [3.05, 3.63) is 34.6 Å². The molecule has 0 atom stereocenters. The number of nitrogens with zero attached hydrogens (tertiary/aromatic N) is 2. The van der Waals surface area contributed by atoms with Gasteiger partial charge in [-0.1, -0.05) is 50.1 Å². The van der Waals surface area contributed by atoms with Gasteiger partial charge in [0, 0.05) is 18.6 Å². The molecule has 7 heteroatoms. The Hall–Kier alpha value is -1.34. The molecule has 0 spiro atoms. The fraction of sp³-hybridized carbons (Fsp3) is 0.529. The Morgan fingerprint density at radius 1 is 1.17 bits per heavy atom. The largest absolute Gasteiger partial charge is 0.287 e. The first-order chi connectivity index (χ1) is 11.4. The molecule has 0 saturated heterocycles. The van der Waals surface area contributed by atoms with Gasteiger partial charge in [-0.2, -0.15) is 0 Å². The molecule has 24 heavy (non-hydrogen) atoms. The average molecular weight is 369 g/mol. The number of para-hydroxylation sites is 1. The first kappa shape index (κ1) is 19.0. The maximum absolute atomic E-state index is 12.8. The quantitative estimate of drug-likeness (QED) is 0.386. The highest BCUT2D eigenvalue weighted by atomic mass is 32.2. The molecule has 5 nitrogen and oxygen atoms in total. The molecule has 0 amide bonds. The number of rotatable bonds is 9. The van der Waals surface area contributed by atoms with E-state index in [2.05, 4.69) is 11.9 Å². The molecular formula is C17H24N2O3S2. The summed E-state index contributed by atoms with van der Waals surface area (Å²) in [6, 6.07) is 7.30. The summed E-state index contributed by atoms with van der Waals surface area (Å²) in [5, 5.41) is 1.22. The van der Waals surface area contributed by atoms with E-state index in [1.807, 2.05) is 18.2 Å². The molecule has 132 valence electrons. The van der Waals surface area contributed by atoms with Gasteiger partial charge in [-0.3, -0.25) is 9.36 Å². The van der Waals surface area contributed by atoms with Crippen LogP contribution in [0.4, 0.5) is 0 Å². The average Bonchev–Trinajstić information content (AvgIpc) is 2.52. The molecule has 1 aromatic carbocycles. The van der Waals surface area contributed by atoms with Crippen molar-refractivity contribution in [2.75, 3.05) is 17.8 Å². The predicted octanol–water partition coefficient (Wildman–Crippen LogP) is 3.11. The standard InChI is InChI=1S/C17H24N2O3S2/c1-3-4-5-8-11-19-16(20)14-9-6-7-10-15(14)18-17(19)23-12-13-24(2,21)22/h6-7,9-10H,3-5,8,11-13H2,1-2H3. The second kappa shape index (κ2) is 8.67. The van der Waals surface area contributed by atoms with Gasteiger partial charge in [0.05, 0.1) is 16.7 Å². The van der Waals surface area contributed by atoms with Gasteiger partial charge in [-0.15, -0.1) is 0 Å². The summed E-state index contributed by atoms with van der Waals surface area (Å²) in [5.74, 6) is 0.481. The predicted molar refractivity (Wildman–Crippen MR) is 101 cm³/mol. The van der Waals surface area contributed by atoms with Crippen LogP contribution < -0.4 is 5.56 Å². The Morgan fingerprint density at radius 3 is 2.62 bits per heavy atom. The lowest BCUT2D eigenvalue weighted by Crippen LogP contribution is -2.24. The summed E-state index contributed by atoms with van der Waals surface area (Å²) in [6.07, 6.45) is 5.50. The smallest absolute Gasteiger partial charge is 0.262 e. The van der Waals surface area contributed by atoms with Crippen LogP contribution in [0.3, 0.4) is 0 Å². The molecule has 0 aliphatic carbocycles. The molecule has 2 rings (SSSR count). The number of thioether (sulfide) groups is 1. The maximum Gasteiger partial charge on any atom is 0.262 e. The Bertz CT molecular complexity index is 845. The van der Waals surface area contributed by atoms with E-state index in [9.17, 15) is 13.2 Å². The number of sulfone groups is 1. The fourth-order valence-electron chi connectivity index (χ4n) is 2.44. The molecule has 2 aromatic rings. The van der Waals surface area contributed by atoms with Crippen LogP contribution in [0, 0.1) is 0 Å². The summed E-state index contributed by atoms with van der Waals surface area (Å²) in [7, 11) is -3.02. The third kappa shape index (κ3) is 5.34. The minimum Gasteiger partial charge on any atom is -0.287 e. The molecular weight excluding hydrogens is 344 g/mol. The topological polar surface area (TPSA) is 69.0 Å². The van der Waals surface area contributed by atoms with E-state index in [0.717, 1.165) is 25.7 Å². The molecule has 1 aromatic heterocycles. The zero-order valence-electron chi connectivity index (χ0n) is 14.2. The minimum atomic E-state index is -3.02. The van der Waals surface area contributed by atoms with Gasteiger partial charge < -0.3 is 0 Å². The summed E-state index contributed by atoms with van der Waals surface area (Å²) >= 11 is 1.34. The Kier molecular flexibility index (Phi) is 6.86. The van der Waals surface area contributed by atoms with Crippen molar-refractivity contribution < 1.29 is 8.42 Å². The van der Waals surface area contributed by atoms with Crippen molar-refractivity contribution in [3.8, 4) is 0 Å². The van der Waals surface area contributed by atoms with E-state index < -0.39 is 9.84 Å². The Labute approximate surface area is 147 Å². The summed E-state index contributed by atoms with van der Waals surface area (Å²) in [5.41, 5.74) is 0.619. The van der Waals surface area contributed by atoms with Crippen molar-refractivity contribution in [3.63, 3.8) is 0 Å². The summed E-state index contributed by atoms with van der Waals surface area (Å²) in [4.78, 5) is 17.4. The number of benzene rings is 1. The number of hydrogen-bond donors (Lipinski definition) is 0. The highest BCUT2D eigenvalue weighted by molar-refractivity contribution is 8.00. The van der Waals surface area contributed by atoms with Crippen molar-refractivity contribution in [2.45, 2.75) is 44.3 Å². The molecule has 0 radical (unpaired) electrons. The lowest BCUT2D eigenvalue weighted by molar-refractivity contribution is 0.531. The molecule has 0 saturated carbocycles. The molecule has 0 unspecified atom stereocenters. The molecule has 0 N–H and O–H groups in total. The maximum atomic E-state index is 12.8. The monoisotopic (exact) mass is 368 g/mol. The Balaban J connectivity index is 2.29. The second-order valence-electron chi connectivity index (χ2n) is 5.91. The second-order valence-corrected chi connectivity index (χ2v) is 9.23. The van der Waals surface area contributed by atoms with Gasteiger partial charge in [0.25, 0.3) is 5.56 Å². The lowest BCUT2D eigenvalue weighted by Gasteiger charge is -2.13. The lowest BCUT2D eigenvalue weighted by atomic mass is 10.2. The summed E-state index contributed by atoms with van der Waals surface area (Å²) in [6.45, 7) is 2.77. The van der Waals surface area contributed by atoms with Crippen molar-refractivity contribution in [2.24, 2.45) is 0 Å². The van der Waals surface area contributed by atoms with Gasteiger partial charge in [-0.25, -0.2) is 13.4 Å². The third-order valence-corrected chi connectivity index (χ3v) is 5.93. The van der Waals surface area contributed by atoms with E-state index in [-0.39, 0.29) is 11.3 Å². The van der Waals surface area contributed by atoms with Crippen molar-refractivity contribution >= 4 is 32.5 Å². The molecule has 0 bridgehead atoms. The fourth-order valence-corrected chi connectivity index (χ4v) is 4.66. The number of aromatic nitrogens is 2. The molecule has 0 aliphatic heterocycles. The van der Waals surface area contributed by atoms with Crippen LogP contribution in [-0.4, -0.2) is 35.7 Å². The van der Waals surface area contributed by atoms with E-state index >= 15 is 0 Å². The normalized spacial score (nSPS) is 11.9. The van der Waals surface area contributed by atoms with Crippen LogP contribution in [0.2, 0.25) is 0 Å². The van der Waals surface area contributed by atoms with Crippen molar-refractivity contribution in [1.29, 1.82) is 0 Å². The number of hydrogen-bond acceptors (Lipinski definition) is 5. The first-order valence-electron chi connectivity index (χ1n) is 8.22. The van der Waals surface area contributed by atoms with E-state index in [1.165, 1.54) is 18.0 Å². The van der Waals surface area contributed by atoms with Gasteiger partial charge in [0.15, 0.2) is 5.16 Å². The molecule has 1 heterocycles. The van der Waals surface area contributed by atoms with Gasteiger partial charge in [-0.05, 0) is 18.6 Å². The third-order valence-electron chi connectivity index (χ3n) is 3.75. The van der Waals surface area contributed by atoms with Gasteiger partial charge in [0.1, 0.15) is 9.84 Å². The Morgan fingerprint density at radius 2 is 1.92 bits per heavy atom. The van der Waals surface area contributed by atoms with Crippen LogP contribution in [-0.2, 0) is 16.4 Å². The zero-order chi connectivity index (χ0) is 17.6. The highest BCUT2D eigenvalue weighted by Crippen LogP contribution is 2.19. The molecule has 0 aliphatic rings.